The Hall–Kier alpha value is -3.73. The molecule has 10 nitrogen and oxygen atoms in total. The van der Waals surface area contributed by atoms with Crippen LogP contribution in [0.4, 0.5) is 16.5 Å². The Morgan fingerprint density at radius 3 is 2.47 bits per heavy atom. The Labute approximate surface area is 174 Å². The lowest BCUT2D eigenvalue weighted by molar-refractivity contribution is -0.394. The van der Waals surface area contributed by atoms with Gasteiger partial charge in [0, 0.05) is 18.1 Å². The Morgan fingerprint density at radius 2 is 1.83 bits per heavy atom. The topological polar surface area (TPSA) is 141 Å². The molecule has 1 unspecified atom stereocenters. The normalized spacial score (nSPS) is 11.7. The molecule has 0 aliphatic carbocycles. The summed E-state index contributed by atoms with van der Waals surface area (Å²) in [5, 5.41) is 33.7. The second-order valence-electron chi connectivity index (χ2n) is 6.62. The van der Waals surface area contributed by atoms with Gasteiger partial charge >= 0.3 is 0 Å². The fourth-order valence-corrected chi connectivity index (χ4v) is 3.79. The molecule has 0 aliphatic rings. The molecule has 3 rings (SSSR count). The molecular weight excluding hydrogens is 410 g/mol. The number of aromatic nitrogens is 2. The summed E-state index contributed by atoms with van der Waals surface area (Å²) in [7, 11) is 0. The molecule has 0 bridgehead atoms. The van der Waals surface area contributed by atoms with Crippen LogP contribution in [0.15, 0.2) is 42.5 Å². The summed E-state index contributed by atoms with van der Waals surface area (Å²) < 4.78 is 0. The van der Waals surface area contributed by atoms with E-state index >= 15 is 0 Å². The molecular formula is C19H17N5O5S. The molecule has 0 fully saturated rings. The highest BCUT2D eigenvalue weighted by Gasteiger charge is 2.25. The van der Waals surface area contributed by atoms with E-state index in [1.165, 1.54) is 18.3 Å². The molecule has 1 aromatic heterocycles. The van der Waals surface area contributed by atoms with Crippen molar-refractivity contribution in [1.29, 1.82) is 0 Å². The number of non-ortho nitro benzene ring substituents is 1. The van der Waals surface area contributed by atoms with Crippen LogP contribution in [-0.4, -0.2) is 26.0 Å². The summed E-state index contributed by atoms with van der Waals surface area (Å²) in [6, 6.07) is 11.7. The predicted molar refractivity (Wildman–Crippen MR) is 111 cm³/mol. The van der Waals surface area contributed by atoms with E-state index in [0.29, 0.717) is 11.4 Å². The van der Waals surface area contributed by atoms with E-state index in [9.17, 15) is 25.0 Å². The predicted octanol–water partition coefficient (Wildman–Crippen LogP) is 4.26. The number of rotatable bonds is 7. The third-order valence-electron chi connectivity index (χ3n) is 4.55. The Balaban J connectivity index is 1.79. The van der Waals surface area contributed by atoms with Gasteiger partial charge in [-0.2, -0.15) is 0 Å². The number of hydrogen-bond acceptors (Lipinski definition) is 8. The van der Waals surface area contributed by atoms with E-state index in [-0.39, 0.29) is 22.2 Å². The number of benzene rings is 2. The minimum Gasteiger partial charge on any atom is -0.296 e. The van der Waals surface area contributed by atoms with Gasteiger partial charge in [0.25, 0.3) is 17.3 Å². The third-order valence-corrected chi connectivity index (χ3v) is 5.41. The van der Waals surface area contributed by atoms with Gasteiger partial charge in [0.2, 0.25) is 5.13 Å². The van der Waals surface area contributed by atoms with E-state index in [4.69, 9.17) is 0 Å². The fourth-order valence-electron chi connectivity index (χ4n) is 2.93. The number of nitro benzene ring substituents is 2. The average Bonchev–Trinajstić information content (AvgIpc) is 3.14. The van der Waals surface area contributed by atoms with Crippen LogP contribution in [-0.2, 0) is 6.42 Å². The van der Waals surface area contributed by atoms with Crippen molar-refractivity contribution in [1.82, 2.24) is 10.2 Å². The first-order chi connectivity index (χ1) is 14.3. The van der Waals surface area contributed by atoms with Gasteiger partial charge in [-0.05, 0) is 18.4 Å². The molecule has 2 aromatic carbocycles. The van der Waals surface area contributed by atoms with Crippen molar-refractivity contribution in [2.45, 2.75) is 26.2 Å². The van der Waals surface area contributed by atoms with Gasteiger partial charge in [-0.3, -0.25) is 30.3 Å². The zero-order chi connectivity index (χ0) is 21.8. The van der Waals surface area contributed by atoms with Gasteiger partial charge in [0.15, 0.2) is 0 Å². The fraction of sp³-hybridized carbons (Fsp3) is 0.211. The smallest absolute Gasteiger partial charge is 0.279 e. The van der Waals surface area contributed by atoms with Gasteiger partial charge in [0.05, 0.1) is 21.5 Å². The summed E-state index contributed by atoms with van der Waals surface area (Å²) in [5.41, 5.74) is -0.00951. The van der Waals surface area contributed by atoms with Crippen molar-refractivity contribution in [3.8, 4) is 0 Å². The second-order valence-corrected chi connectivity index (χ2v) is 7.68. The van der Waals surface area contributed by atoms with Crippen LogP contribution < -0.4 is 5.32 Å². The van der Waals surface area contributed by atoms with Crippen molar-refractivity contribution in [3.05, 3.63) is 84.4 Å². The molecule has 1 atom stereocenters. The van der Waals surface area contributed by atoms with E-state index in [2.05, 4.69) is 22.4 Å². The standard InChI is InChI=1S/C19H17N5O5S/c1-11(13-6-4-3-5-7-13)8-17-21-22-19(30-17)20-18(25)15-9-14(23(26)27)10-16(12(15)2)24(28)29/h3-7,9-11H,8H2,1-2H3,(H,20,22,25). The van der Waals surface area contributed by atoms with Crippen LogP contribution in [0.5, 0.6) is 0 Å². The van der Waals surface area contributed by atoms with Crippen LogP contribution in [0.3, 0.4) is 0 Å². The maximum Gasteiger partial charge on any atom is 0.279 e. The highest BCUT2D eigenvalue weighted by molar-refractivity contribution is 7.15. The van der Waals surface area contributed by atoms with Gasteiger partial charge < -0.3 is 0 Å². The first kappa shape index (κ1) is 21.0. The van der Waals surface area contributed by atoms with Crippen molar-refractivity contribution in [3.63, 3.8) is 0 Å². The van der Waals surface area contributed by atoms with Gasteiger partial charge in [-0.25, -0.2) is 0 Å². The van der Waals surface area contributed by atoms with E-state index < -0.39 is 27.1 Å². The van der Waals surface area contributed by atoms with Crippen molar-refractivity contribution in [2.75, 3.05) is 5.32 Å². The highest BCUT2D eigenvalue weighted by Crippen LogP contribution is 2.29. The molecule has 0 aliphatic heterocycles. The average molecular weight is 427 g/mol. The van der Waals surface area contributed by atoms with Gasteiger partial charge in [0.1, 0.15) is 5.01 Å². The first-order valence-corrected chi connectivity index (χ1v) is 9.70. The maximum absolute atomic E-state index is 12.6. The number of nitro groups is 2. The molecule has 1 amide bonds. The summed E-state index contributed by atoms with van der Waals surface area (Å²) in [6.07, 6.45) is 0.624. The highest BCUT2D eigenvalue weighted by atomic mass is 32.1. The molecule has 11 heteroatoms. The summed E-state index contributed by atoms with van der Waals surface area (Å²) in [6.45, 7) is 3.42. The zero-order valence-electron chi connectivity index (χ0n) is 16.1. The molecule has 0 spiro atoms. The number of carbonyl (C=O) groups excluding carboxylic acids is 1. The van der Waals surface area contributed by atoms with Crippen LogP contribution in [0.1, 0.15) is 39.3 Å². The summed E-state index contributed by atoms with van der Waals surface area (Å²) in [5.74, 6) is -0.525. The van der Waals surface area contributed by atoms with Crippen molar-refractivity contribution in [2.24, 2.45) is 0 Å². The van der Waals surface area contributed by atoms with E-state index in [0.717, 1.165) is 17.7 Å². The van der Waals surface area contributed by atoms with E-state index in [1.807, 2.05) is 30.3 Å². The van der Waals surface area contributed by atoms with Crippen molar-refractivity contribution >= 4 is 33.8 Å². The van der Waals surface area contributed by atoms with Crippen LogP contribution in [0.2, 0.25) is 0 Å². The largest absolute Gasteiger partial charge is 0.296 e. The molecule has 0 saturated carbocycles. The Morgan fingerprint density at radius 1 is 1.13 bits per heavy atom. The zero-order valence-corrected chi connectivity index (χ0v) is 16.9. The number of hydrogen-bond donors (Lipinski definition) is 1. The monoisotopic (exact) mass is 427 g/mol. The minimum atomic E-state index is -0.781. The molecule has 3 aromatic rings. The molecule has 1 N–H and O–H groups in total. The van der Waals surface area contributed by atoms with Gasteiger partial charge in [-0.15, -0.1) is 10.2 Å². The number of nitrogens with zero attached hydrogens (tertiary/aromatic N) is 4. The number of nitrogens with one attached hydrogen (secondary N) is 1. The Bertz CT molecular complexity index is 1120. The van der Waals surface area contributed by atoms with Crippen molar-refractivity contribution < 1.29 is 14.6 Å². The first-order valence-electron chi connectivity index (χ1n) is 8.88. The third kappa shape index (κ3) is 4.63. The lowest BCUT2D eigenvalue weighted by atomic mass is 9.98. The lowest BCUT2D eigenvalue weighted by Gasteiger charge is -2.08. The molecule has 30 heavy (non-hydrogen) atoms. The molecule has 0 saturated heterocycles. The van der Waals surface area contributed by atoms with Crippen LogP contribution in [0, 0.1) is 27.2 Å². The number of amides is 1. The second kappa shape index (κ2) is 8.74. The molecule has 154 valence electrons. The quantitative estimate of drug-likeness (QED) is 0.438. The van der Waals surface area contributed by atoms with Crippen LogP contribution >= 0.6 is 11.3 Å². The number of carbonyl (C=O) groups is 1. The molecule has 1 heterocycles. The SMILES string of the molecule is Cc1c(C(=O)Nc2nnc(CC(C)c3ccccc3)s2)cc([N+](=O)[O-])cc1[N+](=O)[O-]. The Kier molecular flexibility index (Phi) is 6.11. The minimum absolute atomic E-state index is 0.0329. The molecule has 0 radical (unpaired) electrons. The maximum atomic E-state index is 12.6. The summed E-state index contributed by atoms with van der Waals surface area (Å²) >= 11 is 1.18. The van der Waals surface area contributed by atoms with Crippen LogP contribution in [0.25, 0.3) is 0 Å². The number of anilines is 1. The lowest BCUT2D eigenvalue weighted by Crippen LogP contribution is -2.14. The van der Waals surface area contributed by atoms with Gasteiger partial charge in [-0.1, -0.05) is 48.6 Å². The summed E-state index contributed by atoms with van der Waals surface area (Å²) in [4.78, 5) is 33.3. The van der Waals surface area contributed by atoms with E-state index in [1.54, 1.807) is 0 Å².